The summed E-state index contributed by atoms with van der Waals surface area (Å²) >= 11 is 0. The lowest BCUT2D eigenvalue weighted by Crippen LogP contribution is -2.12. The van der Waals surface area contributed by atoms with Gasteiger partial charge in [0.1, 0.15) is 0 Å². The number of ketones is 1. The standard InChI is InChI=1S/C25H25N3O2/c1-25(2,3)19-10-8-17(9-11-19)23(30)15-20-14-22(28-24(27-20)12-13-26-28)21-7-5-4-6-18(21)16-29/h4-14,29H,15-16H2,1-3H3. The molecule has 0 fully saturated rings. The summed E-state index contributed by atoms with van der Waals surface area (Å²) in [6.45, 7) is 6.39. The second-order valence-electron chi connectivity index (χ2n) is 8.48. The van der Waals surface area contributed by atoms with Crippen LogP contribution in [-0.4, -0.2) is 25.5 Å². The van der Waals surface area contributed by atoms with E-state index in [1.54, 1.807) is 10.7 Å². The van der Waals surface area contributed by atoms with Crippen molar-refractivity contribution >= 4 is 11.4 Å². The van der Waals surface area contributed by atoms with Crippen LogP contribution in [-0.2, 0) is 18.4 Å². The third kappa shape index (κ3) is 3.89. The molecule has 2 heterocycles. The summed E-state index contributed by atoms with van der Waals surface area (Å²) in [5.74, 6) is 0.0215. The highest BCUT2D eigenvalue weighted by molar-refractivity contribution is 5.97. The van der Waals surface area contributed by atoms with Gasteiger partial charge in [0, 0.05) is 17.2 Å². The summed E-state index contributed by atoms with van der Waals surface area (Å²) in [4.78, 5) is 17.5. The Morgan fingerprint density at radius 3 is 2.47 bits per heavy atom. The van der Waals surface area contributed by atoms with Gasteiger partial charge in [-0.25, -0.2) is 9.50 Å². The molecular weight excluding hydrogens is 374 g/mol. The van der Waals surface area contributed by atoms with Gasteiger partial charge in [0.15, 0.2) is 11.4 Å². The monoisotopic (exact) mass is 399 g/mol. The van der Waals surface area contributed by atoms with Crippen LogP contribution < -0.4 is 0 Å². The molecule has 4 rings (SSSR count). The fourth-order valence-electron chi connectivity index (χ4n) is 3.58. The van der Waals surface area contributed by atoms with E-state index in [4.69, 9.17) is 0 Å². The fraction of sp³-hybridized carbons (Fsp3) is 0.240. The van der Waals surface area contributed by atoms with Crippen LogP contribution in [0.4, 0.5) is 0 Å². The summed E-state index contributed by atoms with van der Waals surface area (Å²) in [7, 11) is 0. The van der Waals surface area contributed by atoms with Crippen molar-refractivity contribution in [2.45, 2.75) is 39.2 Å². The maximum Gasteiger partial charge on any atom is 0.168 e. The number of benzene rings is 2. The predicted octanol–water partition coefficient (Wildman–Crippen LogP) is 4.61. The maximum atomic E-state index is 12.9. The zero-order valence-electron chi connectivity index (χ0n) is 17.5. The first kappa shape index (κ1) is 20.0. The number of aromatic nitrogens is 3. The van der Waals surface area contributed by atoms with Crippen LogP contribution in [0.1, 0.15) is 48.0 Å². The smallest absolute Gasteiger partial charge is 0.168 e. The topological polar surface area (TPSA) is 67.5 Å². The van der Waals surface area contributed by atoms with Crippen LogP contribution in [0.3, 0.4) is 0 Å². The molecule has 0 saturated heterocycles. The van der Waals surface area contributed by atoms with Gasteiger partial charge in [-0.2, -0.15) is 5.10 Å². The maximum absolute atomic E-state index is 12.9. The van der Waals surface area contributed by atoms with Crippen molar-refractivity contribution in [3.8, 4) is 11.3 Å². The first-order chi connectivity index (χ1) is 14.4. The SMILES string of the molecule is CC(C)(C)c1ccc(C(=O)Cc2cc(-c3ccccc3CO)n3nccc3n2)cc1. The number of carbonyl (C=O) groups excluding carboxylic acids is 1. The van der Waals surface area contributed by atoms with Crippen molar-refractivity contribution in [3.05, 3.63) is 89.2 Å². The quantitative estimate of drug-likeness (QED) is 0.498. The number of rotatable bonds is 5. The first-order valence-electron chi connectivity index (χ1n) is 10.0. The molecule has 5 heteroatoms. The van der Waals surface area contributed by atoms with E-state index in [0.29, 0.717) is 16.9 Å². The average Bonchev–Trinajstić information content (AvgIpc) is 3.21. The summed E-state index contributed by atoms with van der Waals surface area (Å²) in [5, 5.41) is 14.1. The normalized spacial score (nSPS) is 11.7. The molecule has 1 N–H and O–H groups in total. The molecule has 5 nitrogen and oxygen atoms in total. The second-order valence-corrected chi connectivity index (χ2v) is 8.48. The van der Waals surface area contributed by atoms with Gasteiger partial charge in [-0.1, -0.05) is 69.3 Å². The number of carbonyl (C=O) groups is 1. The summed E-state index contributed by atoms with van der Waals surface area (Å²) < 4.78 is 1.74. The molecule has 152 valence electrons. The molecule has 0 bridgehead atoms. The summed E-state index contributed by atoms with van der Waals surface area (Å²) in [6, 6.07) is 19.2. The fourth-order valence-corrected chi connectivity index (χ4v) is 3.58. The molecule has 2 aromatic carbocycles. The predicted molar refractivity (Wildman–Crippen MR) is 118 cm³/mol. The van der Waals surface area contributed by atoms with E-state index >= 15 is 0 Å². The molecule has 30 heavy (non-hydrogen) atoms. The highest BCUT2D eigenvalue weighted by atomic mass is 16.3. The van der Waals surface area contributed by atoms with Crippen molar-refractivity contribution < 1.29 is 9.90 Å². The summed E-state index contributed by atoms with van der Waals surface area (Å²) in [5.41, 5.74) is 5.75. The molecule has 0 radical (unpaired) electrons. The lowest BCUT2D eigenvalue weighted by atomic mass is 9.86. The van der Waals surface area contributed by atoms with Crippen molar-refractivity contribution in [1.82, 2.24) is 14.6 Å². The van der Waals surface area contributed by atoms with Gasteiger partial charge in [0.25, 0.3) is 0 Å². The van der Waals surface area contributed by atoms with Crippen molar-refractivity contribution in [1.29, 1.82) is 0 Å². The van der Waals surface area contributed by atoms with Gasteiger partial charge in [-0.3, -0.25) is 4.79 Å². The van der Waals surface area contributed by atoms with Gasteiger partial charge in [0.05, 0.1) is 30.6 Å². The minimum absolute atomic E-state index is 0.0215. The number of aliphatic hydroxyl groups is 1. The Labute approximate surface area is 176 Å². The minimum atomic E-state index is -0.0738. The van der Waals surface area contributed by atoms with Crippen LogP contribution in [0.2, 0.25) is 0 Å². The molecule has 4 aromatic rings. The summed E-state index contributed by atoms with van der Waals surface area (Å²) in [6.07, 6.45) is 1.88. The van der Waals surface area contributed by atoms with Gasteiger partial charge in [0.2, 0.25) is 0 Å². The molecule has 2 aromatic heterocycles. The van der Waals surface area contributed by atoms with Crippen LogP contribution in [0.25, 0.3) is 16.9 Å². The van der Waals surface area contributed by atoms with E-state index in [1.807, 2.05) is 60.7 Å². The van der Waals surface area contributed by atoms with Crippen LogP contribution in [0.15, 0.2) is 66.9 Å². The molecule has 0 unspecified atom stereocenters. The Balaban J connectivity index is 1.69. The molecule has 0 aliphatic rings. The van der Waals surface area contributed by atoms with Crippen molar-refractivity contribution in [3.63, 3.8) is 0 Å². The zero-order valence-corrected chi connectivity index (χ0v) is 17.5. The molecule has 0 aliphatic heterocycles. The Morgan fingerprint density at radius 2 is 1.77 bits per heavy atom. The van der Waals surface area contributed by atoms with E-state index in [1.165, 1.54) is 5.56 Å². The molecule has 0 amide bonds. The Kier molecular flexibility index (Phi) is 5.22. The van der Waals surface area contributed by atoms with Gasteiger partial charge < -0.3 is 5.11 Å². The minimum Gasteiger partial charge on any atom is -0.392 e. The van der Waals surface area contributed by atoms with E-state index in [-0.39, 0.29) is 24.2 Å². The average molecular weight is 399 g/mol. The second kappa shape index (κ2) is 7.84. The highest BCUT2D eigenvalue weighted by Gasteiger charge is 2.17. The van der Waals surface area contributed by atoms with Crippen molar-refractivity contribution in [2.75, 3.05) is 0 Å². The molecule has 0 atom stereocenters. The van der Waals surface area contributed by atoms with Crippen LogP contribution in [0, 0.1) is 0 Å². The van der Waals surface area contributed by atoms with E-state index < -0.39 is 0 Å². The van der Waals surface area contributed by atoms with Crippen molar-refractivity contribution in [2.24, 2.45) is 0 Å². The van der Waals surface area contributed by atoms with Crippen LogP contribution >= 0.6 is 0 Å². The Hall–Kier alpha value is -3.31. The van der Waals surface area contributed by atoms with E-state index in [2.05, 4.69) is 30.9 Å². The largest absolute Gasteiger partial charge is 0.392 e. The number of Topliss-reactive ketones (excluding diaryl/α,β-unsaturated/α-hetero) is 1. The van der Waals surface area contributed by atoms with Gasteiger partial charge in [-0.05, 0) is 22.6 Å². The number of aliphatic hydroxyl groups excluding tert-OH is 1. The third-order valence-corrected chi connectivity index (χ3v) is 5.29. The van der Waals surface area contributed by atoms with E-state index in [0.717, 1.165) is 16.8 Å². The molecule has 0 saturated carbocycles. The first-order valence-corrected chi connectivity index (χ1v) is 10.0. The Bertz CT molecular complexity index is 1200. The van der Waals surface area contributed by atoms with E-state index in [9.17, 15) is 9.90 Å². The van der Waals surface area contributed by atoms with Crippen LogP contribution in [0.5, 0.6) is 0 Å². The molecular formula is C25H25N3O2. The molecule has 0 aliphatic carbocycles. The number of nitrogens with zero attached hydrogens (tertiary/aromatic N) is 3. The van der Waals surface area contributed by atoms with Gasteiger partial charge in [-0.15, -0.1) is 0 Å². The third-order valence-electron chi connectivity index (χ3n) is 5.29. The number of fused-ring (bicyclic) bond motifs is 1. The Morgan fingerprint density at radius 1 is 1.03 bits per heavy atom. The number of hydrogen-bond donors (Lipinski definition) is 1. The number of hydrogen-bond acceptors (Lipinski definition) is 4. The van der Waals surface area contributed by atoms with Gasteiger partial charge >= 0.3 is 0 Å². The molecule has 0 spiro atoms. The lowest BCUT2D eigenvalue weighted by molar-refractivity contribution is 0.0992. The highest BCUT2D eigenvalue weighted by Crippen LogP contribution is 2.26. The lowest BCUT2D eigenvalue weighted by Gasteiger charge is -2.19. The zero-order chi connectivity index (χ0) is 21.3.